The summed E-state index contributed by atoms with van der Waals surface area (Å²) >= 11 is 3.40. The van der Waals surface area contributed by atoms with Crippen molar-refractivity contribution >= 4 is 27.5 Å². The molecule has 5 heteroatoms. The Bertz CT molecular complexity index is 687. The van der Waals surface area contributed by atoms with Gasteiger partial charge in [0.05, 0.1) is 0 Å². The number of rotatable bonds is 2. The zero-order valence-corrected chi connectivity index (χ0v) is 13.0. The second-order valence-corrected chi connectivity index (χ2v) is 5.73. The van der Waals surface area contributed by atoms with Gasteiger partial charge in [0.2, 0.25) is 6.10 Å². The maximum absolute atomic E-state index is 12.3. The van der Waals surface area contributed by atoms with Gasteiger partial charge in [-0.25, -0.2) is 0 Å². The Morgan fingerprint density at radius 2 is 2.00 bits per heavy atom. The van der Waals surface area contributed by atoms with E-state index in [2.05, 4.69) is 21.2 Å². The molecule has 0 saturated heterocycles. The number of amides is 1. The topological polar surface area (TPSA) is 47.6 Å². The minimum Gasteiger partial charge on any atom is -0.485 e. The summed E-state index contributed by atoms with van der Waals surface area (Å²) in [7, 11) is 0. The van der Waals surface area contributed by atoms with E-state index in [1.165, 1.54) is 0 Å². The third kappa shape index (κ3) is 3.03. The maximum atomic E-state index is 12.3. The summed E-state index contributed by atoms with van der Waals surface area (Å²) in [5, 5.41) is 2.87. The van der Waals surface area contributed by atoms with Crippen LogP contribution in [0.15, 0.2) is 46.9 Å². The molecule has 1 atom stereocenters. The molecule has 1 aliphatic rings. The summed E-state index contributed by atoms with van der Waals surface area (Å²) in [4.78, 5) is 12.3. The Labute approximate surface area is 131 Å². The van der Waals surface area contributed by atoms with Crippen LogP contribution in [0.4, 0.5) is 5.69 Å². The van der Waals surface area contributed by atoms with Gasteiger partial charge in [-0.05, 0) is 42.8 Å². The van der Waals surface area contributed by atoms with E-state index in [0.29, 0.717) is 11.5 Å². The maximum Gasteiger partial charge on any atom is 0.269 e. The molecule has 0 aliphatic carbocycles. The third-order valence-corrected chi connectivity index (χ3v) is 3.74. The quantitative estimate of drug-likeness (QED) is 0.903. The van der Waals surface area contributed by atoms with Gasteiger partial charge < -0.3 is 14.8 Å². The molecular weight excluding hydrogens is 334 g/mol. The molecule has 1 aliphatic heterocycles. The third-order valence-electron chi connectivity index (χ3n) is 3.25. The zero-order valence-electron chi connectivity index (χ0n) is 11.4. The molecule has 3 rings (SSSR count). The predicted octanol–water partition coefficient (Wildman–Crippen LogP) is 3.54. The van der Waals surface area contributed by atoms with Gasteiger partial charge in [-0.15, -0.1) is 0 Å². The number of halogens is 1. The number of benzene rings is 2. The Kier molecular flexibility index (Phi) is 3.84. The molecule has 4 nitrogen and oxygen atoms in total. The molecule has 0 spiro atoms. The first-order chi connectivity index (χ1) is 10.1. The van der Waals surface area contributed by atoms with Crippen LogP contribution in [0, 0.1) is 6.92 Å². The smallest absolute Gasteiger partial charge is 0.269 e. The standard InChI is InChI=1S/C16H14BrNO3/c1-10-8-11(17)6-7-12(10)18-16(19)15-9-20-13-4-2-3-5-14(13)21-15/h2-8,15H,9H2,1H3,(H,18,19)/t15-/m0/s1. The normalized spacial score (nSPS) is 16.4. The fourth-order valence-corrected chi connectivity index (χ4v) is 2.60. The number of hydrogen-bond acceptors (Lipinski definition) is 3. The molecule has 0 unspecified atom stereocenters. The average molecular weight is 348 g/mol. The van der Waals surface area contributed by atoms with Crippen LogP contribution < -0.4 is 14.8 Å². The first kappa shape index (κ1) is 13.9. The highest BCUT2D eigenvalue weighted by atomic mass is 79.9. The van der Waals surface area contributed by atoms with Crippen LogP contribution in [-0.2, 0) is 4.79 Å². The van der Waals surface area contributed by atoms with Gasteiger partial charge in [-0.1, -0.05) is 28.1 Å². The molecule has 1 N–H and O–H groups in total. The van der Waals surface area contributed by atoms with Gasteiger partial charge in [-0.3, -0.25) is 4.79 Å². The molecule has 0 radical (unpaired) electrons. The number of nitrogens with one attached hydrogen (secondary N) is 1. The number of carbonyl (C=O) groups excluding carboxylic acids is 1. The summed E-state index contributed by atoms with van der Waals surface area (Å²) in [6.45, 7) is 2.15. The van der Waals surface area contributed by atoms with Gasteiger partial charge in [0.25, 0.3) is 5.91 Å². The van der Waals surface area contributed by atoms with Crippen LogP contribution in [0.5, 0.6) is 11.5 Å². The first-order valence-electron chi connectivity index (χ1n) is 6.59. The van der Waals surface area contributed by atoms with Gasteiger partial charge in [0.15, 0.2) is 11.5 Å². The fraction of sp³-hybridized carbons (Fsp3) is 0.188. The summed E-state index contributed by atoms with van der Waals surface area (Å²) in [6.07, 6.45) is -0.650. The van der Waals surface area contributed by atoms with Crippen molar-refractivity contribution in [2.75, 3.05) is 11.9 Å². The molecule has 1 heterocycles. The Morgan fingerprint density at radius 3 is 2.76 bits per heavy atom. The summed E-state index contributed by atoms with van der Waals surface area (Å²) in [6, 6.07) is 13.0. The van der Waals surface area contributed by atoms with E-state index in [9.17, 15) is 4.79 Å². The Morgan fingerprint density at radius 1 is 1.24 bits per heavy atom. The van der Waals surface area contributed by atoms with Crippen molar-refractivity contribution in [2.24, 2.45) is 0 Å². The summed E-state index contributed by atoms with van der Waals surface area (Å²) < 4.78 is 12.2. The van der Waals surface area contributed by atoms with E-state index in [-0.39, 0.29) is 12.5 Å². The van der Waals surface area contributed by atoms with Crippen molar-refractivity contribution in [3.05, 3.63) is 52.5 Å². The van der Waals surface area contributed by atoms with Gasteiger partial charge in [0, 0.05) is 10.2 Å². The number of ether oxygens (including phenoxy) is 2. The molecule has 0 bridgehead atoms. The lowest BCUT2D eigenvalue weighted by Crippen LogP contribution is -2.40. The lowest BCUT2D eigenvalue weighted by Gasteiger charge is -2.25. The van der Waals surface area contributed by atoms with E-state index in [1.54, 1.807) is 6.07 Å². The van der Waals surface area contributed by atoms with Crippen molar-refractivity contribution in [3.63, 3.8) is 0 Å². The number of carbonyl (C=O) groups is 1. The molecule has 108 valence electrons. The van der Waals surface area contributed by atoms with Crippen LogP contribution in [0.25, 0.3) is 0 Å². The second kappa shape index (κ2) is 5.77. The molecular formula is C16H14BrNO3. The number of para-hydroxylation sites is 2. The van der Waals surface area contributed by atoms with E-state index < -0.39 is 6.10 Å². The Balaban J connectivity index is 1.72. The van der Waals surface area contributed by atoms with Crippen molar-refractivity contribution in [2.45, 2.75) is 13.0 Å². The van der Waals surface area contributed by atoms with Crippen LogP contribution in [0.3, 0.4) is 0 Å². The van der Waals surface area contributed by atoms with Crippen molar-refractivity contribution in [1.29, 1.82) is 0 Å². The summed E-state index contributed by atoms with van der Waals surface area (Å²) in [5.74, 6) is 1.05. The molecule has 2 aromatic rings. The molecule has 0 aromatic heterocycles. The van der Waals surface area contributed by atoms with Crippen LogP contribution in [0.2, 0.25) is 0 Å². The van der Waals surface area contributed by atoms with Gasteiger partial charge >= 0.3 is 0 Å². The largest absolute Gasteiger partial charge is 0.485 e. The fourth-order valence-electron chi connectivity index (χ4n) is 2.13. The molecule has 1 amide bonds. The lowest BCUT2D eigenvalue weighted by molar-refractivity contribution is -0.125. The van der Waals surface area contributed by atoms with Crippen LogP contribution in [-0.4, -0.2) is 18.6 Å². The minimum absolute atomic E-state index is 0.207. The highest BCUT2D eigenvalue weighted by molar-refractivity contribution is 9.10. The van der Waals surface area contributed by atoms with Gasteiger partial charge in [-0.2, -0.15) is 0 Å². The molecule has 0 fully saturated rings. The van der Waals surface area contributed by atoms with Crippen LogP contribution in [0.1, 0.15) is 5.56 Å². The number of anilines is 1. The van der Waals surface area contributed by atoms with E-state index >= 15 is 0 Å². The number of hydrogen-bond donors (Lipinski definition) is 1. The van der Waals surface area contributed by atoms with Gasteiger partial charge in [0.1, 0.15) is 6.61 Å². The van der Waals surface area contributed by atoms with Crippen molar-refractivity contribution < 1.29 is 14.3 Å². The monoisotopic (exact) mass is 347 g/mol. The number of aryl methyl sites for hydroxylation is 1. The highest BCUT2D eigenvalue weighted by Gasteiger charge is 2.27. The molecule has 21 heavy (non-hydrogen) atoms. The number of fused-ring (bicyclic) bond motifs is 1. The van der Waals surface area contributed by atoms with E-state index in [0.717, 1.165) is 15.7 Å². The minimum atomic E-state index is -0.650. The average Bonchev–Trinajstić information content (AvgIpc) is 2.49. The molecule has 0 saturated carbocycles. The molecule has 2 aromatic carbocycles. The van der Waals surface area contributed by atoms with Crippen molar-refractivity contribution in [3.8, 4) is 11.5 Å². The van der Waals surface area contributed by atoms with E-state index in [4.69, 9.17) is 9.47 Å². The lowest BCUT2D eigenvalue weighted by atomic mass is 10.2. The van der Waals surface area contributed by atoms with E-state index in [1.807, 2.05) is 43.3 Å². The van der Waals surface area contributed by atoms with Crippen molar-refractivity contribution in [1.82, 2.24) is 0 Å². The second-order valence-electron chi connectivity index (χ2n) is 4.81. The predicted molar refractivity (Wildman–Crippen MR) is 83.9 cm³/mol. The first-order valence-corrected chi connectivity index (χ1v) is 7.38. The highest BCUT2D eigenvalue weighted by Crippen LogP contribution is 2.31. The van der Waals surface area contributed by atoms with Crippen LogP contribution >= 0.6 is 15.9 Å². The zero-order chi connectivity index (χ0) is 14.8. The SMILES string of the molecule is Cc1cc(Br)ccc1NC(=O)[C@@H]1COc2ccccc2O1. The Hall–Kier alpha value is -2.01. The summed E-state index contributed by atoms with van der Waals surface area (Å²) in [5.41, 5.74) is 1.75.